The van der Waals surface area contributed by atoms with Crippen LogP contribution in [0, 0.1) is 5.41 Å². The number of nitrogens with one attached hydrogen (secondary N) is 1. The predicted molar refractivity (Wildman–Crippen MR) is 90.5 cm³/mol. The van der Waals surface area contributed by atoms with Gasteiger partial charge in [-0.15, -0.1) is 11.3 Å². The number of thiophene rings is 1. The van der Waals surface area contributed by atoms with Crippen LogP contribution >= 0.6 is 11.3 Å². The van der Waals surface area contributed by atoms with E-state index in [1.165, 1.54) is 18.4 Å². The van der Waals surface area contributed by atoms with Gasteiger partial charge in [0.05, 0.1) is 28.8 Å². The third-order valence-electron chi connectivity index (χ3n) is 3.47. The van der Waals surface area contributed by atoms with Crippen molar-refractivity contribution in [2.45, 2.75) is 0 Å². The molecule has 0 aliphatic rings. The van der Waals surface area contributed by atoms with Crippen LogP contribution in [-0.2, 0) is 0 Å². The third-order valence-corrected chi connectivity index (χ3v) is 4.61. The number of methoxy groups -OCH3 is 1. The summed E-state index contributed by atoms with van der Waals surface area (Å²) in [6.07, 6.45) is 0.708. The Hall–Kier alpha value is -2.66. The van der Waals surface area contributed by atoms with Gasteiger partial charge in [-0.2, -0.15) is 0 Å². The molecule has 0 amide bonds. The van der Waals surface area contributed by atoms with Gasteiger partial charge >= 0.3 is 0 Å². The minimum atomic E-state index is 0.263. The van der Waals surface area contributed by atoms with Crippen LogP contribution in [0.4, 0.5) is 5.69 Å². The van der Waals surface area contributed by atoms with E-state index in [2.05, 4.69) is 0 Å². The van der Waals surface area contributed by atoms with Crippen LogP contribution in [-0.4, -0.2) is 19.1 Å². The van der Waals surface area contributed by atoms with E-state index in [9.17, 15) is 4.79 Å². The zero-order chi connectivity index (χ0) is 15.7. The van der Waals surface area contributed by atoms with Gasteiger partial charge in [0.2, 0.25) is 0 Å². The lowest BCUT2D eigenvalue weighted by molar-refractivity contribution is 0.112. The Balaban J connectivity index is 2.17. The summed E-state index contributed by atoms with van der Waals surface area (Å²) in [4.78, 5) is 11.9. The van der Waals surface area contributed by atoms with Crippen molar-refractivity contribution >= 4 is 39.1 Å². The molecule has 3 N–H and O–H groups in total. The lowest BCUT2D eigenvalue weighted by Gasteiger charge is -2.13. The van der Waals surface area contributed by atoms with Gasteiger partial charge in [0.15, 0.2) is 6.29 Å². The predicted octanol–water partition coefficient (Wildman–Crippen LogP) is 3.72. The summed E-state index contributed by atoms with van der Waals surface area (Å²) in [5.41, 5.74) is 7.55. The number of benzene rings is 2. The number of fused-ring (bicyclic) bond motifs is 1. The summed E-state index contributed by atoms with van der Waals surface area (Å²) in [5, 5.41) is 9.57. The second-order valence-electron chi connectivity index (χ2n) is 4.79. The van der Waals surface area contributed by atoms with Crippen molar-refractivity contribution in [1.29, 1.82) is 5.41 Å². The van der Waals surface area contributed by atoms with E-state index < -0.39 is 0 Å². The molecule has 4 nitrogen and oxygen atoms in total. The van der Waals surface area contributed by atoms with Gasteiger partial charge in [-0.25, -0.2) is 0 Å². The van der Waals surface area contributed by atoms with E-state index in [0.717, 1.165) is 15.0 Å². The van der Waals surface area contributed by atoms with Crippen LogP contribution in [0.5, 0.6) is 5.75 Å². The highest BCUT2D eigenvalue weighted by atomic mass is 32.1. The molecule has 1 aromatic heterocycles. The van der Waals surface area contributed by atoms with E-state index in [4.69, 9.17) is 15.9 Å². The van der Waals surface area contributed by atoms with Gasteiger partial charge in [-0.3, -0.25) is 10.2 Å². The zero-order valence-electron chi connectivity index (χ0n) is 11.9. The van der Waals surface area contributed by atoms with E-state index in [-0.39, 0.29) is 5.71 Å². The van der Waals surface area contributed by atoms with Gasteiger partial charge in [0, 0.05) is 10.4 Å². The van der Waals surface area contributed by atoms with Crippen LogP contribution in [0.1, 0.15) is 20.8 Å². The van der Waals surface area contributed by atoms with Gasteiger partial charge in [0.1, 0.15) is 5.75 Å². The lowest BCUT2D eigenvalue weighted by Crippen LogP contribution is -2.08. The summed E-state index contributed by atoms with van der Waals surface area (Å²) in [7, 11) is 1.48. The van der Waals surface area contributed by atoms with Crippen molar-refractivity contribution in [3.8, 4) is 5.75 Å². The lowest BCUT2D eigenvalue weighted by atomic mass is 10.0. The first kappa shape index (κ1) is 14.3. The summed E-state index contributed by atoms with van der Waals surface area (Å²) < 4.78 is 6.42. The van der Waals surface area contributed by atoms with Crippen molar-refractivity contribution in [3.63, 3.8) is 0 Å². The fourth-order valence-electron chi connectivity index (χ4n) is 2.41. The molecule has 5 heteroatoms. The number of carbonyl (C=O) groups excluding carboxylic acids is 1. The molecule has 0 spiro atoms. The number of nitrogen functional groups attached to an aromatic ring is 1. The highest BCUT2D eigenvalue weighted by molar-refractivity contribution is 7.21. The van der Waals surface area contributed by atoms with E-state index >= 15 is 0 Å². The van der Waals surface area contributed by atoms with E-state index in [1.54, 1.807) is 12.1 Å². The minimum absolute atomic E-state index is 0.263. The van der Waals surface area contributed by atoms with Crippen LogP contribution in [0.25, 0.3) is 10.1 Å². The Morgan fingerprint density at radius 2 is 2.05 bits per heavy atom. The molecule has 0 fully saturated rings. The molecule has 0 saturated carbocycles. The monoisotopic (exact) mass is 310 g/mol. The first-order valence-corrected chi connectivity index (χ1v) is 7.47. The molecule has 0 unspecified atom stereocenters. The highest BCUT2D eigenvalue weighted by Crippen LogP contribution is 2.34. The first-order valence-electron chi connectivity index (χ1n) is 6.65. The van der Waals surface area contributed by atoms with Gasteiger partial charge < -0.3 is 10.5 Å². The number of hydrogen-bond donors (Lipinski definition) is 2. The molecule has 1 heterocycles. The maximum absolute atomic E-state index is 11.2. The molecule has 0 aliphatic heterocycles. The third kappa shape index (κ3) is 2.25. The van der Waals surface area contributed by atoms with Crippen LogP contribution < -0.4 is 10.5 Å². The second kappa shape index (κ2) is 5.61. The Morgan fingerprint density at radius 1 is 1.27 bits per heavy atom. The van der Waals surface area contributed by atoms with Crippen LogP contribution in [0.2, 0.25) is 0 Å². The van der Waals surface area contributed by atoms with Gasteiger partial charge in [0.25, 0.3) is 0 Å². The number of aldehydes is 1. The SMILES string of the molecule is COc1c(C=O)ccc(N)c1C(=N)c1cc2ccccc2s1. The molecular weight excluding hydrogens is 296 g/mol. The molecular formula is C17H14N2O2S. The van der Waals surface area contributed by atoms with Crippen molar-refractivity contribution in [2.24, 2.45) is 0 Å². The Kier molecular flexibility index (Phi) is 3.65. The maximum atomic E-state index is 11.2. The molecule has 110 valence electrons. The summed E-state index contributed by atoms with van der Waals surface area (Å²) >= 11 is 1.52. The standard InChI is InChI=1S/C17H14N2O2S/c1-21-17-11(9-20)6-7-12(18)15(17)16(19)14-8-10-4-2-3-5-13(10)22-14/h2-9,19H,18H2,1H3. The van der Waals surface area contributed by atoms with Crippen molar-refractivity contribution < 1.29 is 9.53 Å². The topological polar surface area (TPSA) is 76.2 Å². The fraction of sp³-hybridized carbons (Fsp3) is 0.0588. The molecule has 0 bridgehead atoms. The molecule has 0 aliphatic carbocycles. The normalized spacial score (nSPS) is 10.6. The maximum Gasteiger partial charge on any atom is 0.153 e. The number of hydrogen-bond acceptors (Lipinski definition) is 5. The smallest absolute Gasteiger partial charge is 0.153 e. The van der Waals surface area contributed by atoms with Crippen LogP contribution in [0.3, 0.4) is 0 Å². The fourth-order valence-corrected chi connectivity index (χ4v) is 3.43. The van der Waals surface area contributed by atoms with Gasteiger partial charge in [-0.1, -0.05) is 18.2 Å². The molecule has 0 saturated heterocycles. The van der Waals surface area contributed by atoms with Crippen molar-refractivity contribution in [1.82, 2.24) is 0 Å². The van der Waals surface area contributed by atoms with Gasteiger partial charge in [-0.05, 0) is 29.7 Å². The molecule has 0 atom stereocenters. The number of carbonyl (C=O) groups is 1. The largest absolute Gasteiger partial charge is 0.495 e. The summed E-state index contributed by atoms with van der Waals surface area (Å²) in [6, 6.07) is 13.1. The van der Waals surface area contributed by atoms with E-state index in [1.807, 2.05) is 30.3 Å². The zero-order valence-corrected chi connectivity index (χ0v) is 12.7. The first-order chi connectivity index (χ1) is 10.7. The highest BCUT2D eigenvalue weighted by Gasteiger charge is 2.19. The number of rotatable bonds is 4. The molecule has 3 rings (SSSR count). The molecule has 3 aromatic rings. The molecule has 0 radical (unpaired) electrons. The number of ether oxygens (including phenoxy) is 1. The summed E-state index contributed by atoms with van der Waals surface area (Å²) in [6.45, 7) is 0. The van der Waals surface area contributed by atoms with Crippen molar-refractivity contribution in [2.75, 3.05) is 12.8 Å². The summed E-state index contributed by atoms with van der Waals surface area (Å²) in [5.74, 6) is 0.345. The Morgan fingerprint density at radius 3 is 2.73 bits per heavy atom. The van der Waals surface area contributed by atoms with E-state index in [0.29, 0.717) is 28.8 Å². The minimum Gasteiger partial charge on any atom is -0.495 e. The molecule has 2 aromatic carbocycles. The number of anilines is 1. The van der Waals surface area contributed by atoms with Crippen molar-refractivity contribution in [3.05, 3.63) is 58.5 Å². The van der Waals surface area contributed by atoms with Crippen LogP contribution in [0.15, 0.2) is 42.5 Å². The average molecular weight is 310 g/mol. The Bertz CT molecular complexity index is 850. The second-order valence-corrected chi connectivity index (χ2v) is 5.88. The quantitative estimate of drug-likeness (QED) is 0.438. The average Bonchev–Trinajstić information content (AvgIpc) is 2.97. The number of nitrogens with two attached hydrogens (primary N) is 1. The molecule has 22 heavy (non-hydrogen) atoms. The Labute approximate surface area is 131 Å².